The molecule has 2 N–H and O–H groups in total. The summed E-state index contributed by atoms with van der Waals surface area (Å²) in [7, 11) is 0. The second-order valence-electron chi connectivity index (χ2n) is 4.81. The first-order valence-corrected chi connectivity index (χ1v) is 6.55. The molecule has 4 heteroatoms. The fraction of sp³-hybridized carbons (Fsp3) is 0.571. The van der Waals surface area contributed by atoms with Crippen LogP contribution in [-0.2, 0) is 11.3 Å². The van der Waals surface area contributed by atoms with Crippen LogP contribution in [0.5, 0.6) is 0 Å². The van der Waals surface area contributed by atoms with E-state index in [2.05, 4.69) is 29.5 Å². The van der Waals surface area contributed by atoms with Crippen LogP contribution < -0.4 is 10.6 Å². The van der Waals surface area contributed by atoms with E-state index in [1.807, 2.05) is 12.1 Å². The van der Waals surface area contributed by atoms with Crippen molar-refractivity contribution >= 4 is 5.91 Å². The zero-order chi connectivity index (χ0) is 13.2. The number of carbonyl (C=O) groups is 1. The minimum atomic E-state index is 0.123. The summed E-state index contributed by atoms with van der Waals surface area (Å²) in [5.41, 5.74) is 1.19. The second kappa shape index (κ2) is 8.64. The van der Waals surface area contributed by atoms with Gasteiger partial charge in [0.15, 0.2) is 0 Å². The number of nitrogens with one attached hydrogen (secondary N) is 2. The summed E-state index contributed by atoms with van der Waals surface area (Å²) in [6, 6.07) is 3.94. The van der Waals surface area contributed by atoms with Crippen molar-refractivity contribution in [3.05, 3.63) is 30.1 Å². The highest BCUT2D eigenvalue weighted by Crippen LogP contribution is 1.97. The zero-order valence-electron chi connectivity index (χ0n) is 11.3. The molecule has 0 atom stereocenters. The number of pyridine rings is 1. The van der Waals surface area contributed by atoms with Gasteiger partial charge in [-0.2, -0.15) is 0 Å². The van der Waals surface area contributed by atoms with Gasteiger partial charge < -0.3 is 10.6 Å². The average molecular weight is 249 g/mol. The molecule has 0 radical (unpaired) electrons. The third-order valence-electron chi connectivity index (χ3n) is 2.65. The lowest BCUT2D eigenvalue weighted by molar-refractivity contribution is -0.121. The van der Waals surface area contributed by atoms with Crippen LogP contribution in [0.25, 0.3) is 0 Å². The number of amides is 1. The largest absolute Gasteiger partial charge is 0.356 e. The SMILES string of the molecule is CC(C)CCNC(=O)CCNCc1ccncc1. The van der Waals surface area contributed by atoms with Crippen molar-refractivity contribution in [1.29, 1.82) is 0 Å². The first kappa shape index (κ1) is 14.6. The van der Waals surface area contributed by atoms with Crippen LogP contribution >= 0.6 is 0 Å². The molecule has 0 unspecified atom stereocenters. The Kier molecular flexibility index (Phi) is 7.03. The van der Waals surface area contributed by atoms with Gasteiger partial charge in [0.05, 0.1) is 0 Å². The molecule has 0 fully saturated rings. The van der Waals surface area contributed by atoms with Gasteiger partial charge in [0.1, 0.15) is 0 Å². The lowest BCUT2D eigenvalue weighted by Gasteiger charge is -2.08. The van der Waals surface area contributed by atoms with E-state index in [1.54, 1.807) is 12.4 Å². The molecule has 0 spiro atoms. The Balaban J connectivity index is 2.02. The van der Waals surface area contributed by atoms with E-state index >= 15 is 0 Å². The predicted molar refractivity (Wildman–Crippen MR) is 73.0 cm³/mol. The molecule has 0 aliphatic carbocycles. The topological polar surface area (TPSA) is 54.0 Å². The van der Waals surface area contributed by atoms with Gasteiger partial charge >= 0.3 is 0 Å². The van der Waals surface area contributed by atoms with E-state index in [0.717, 1.165) is 19.5 Å². The summed E-state index contributed by atoms with van der Waals surface area (Å²) in [5.74, 6) is 0.757. The van der Waals surface area contributed by atoms with E-state index in [-0.39, 0.29) is 5.91 Å². The quantitative estimate of drug-likeness (QED) is 0.690. The summed E-state index contributed by atoms with van der Waals surface area (Å²) in [4.78, 5) is 15.4. The van der Waals surface area contributed by atoms with Gasteiger partial charge in [-0.3, -0.25) is 9.78 Å². The molecule has 0 bridgehead atoms. The molecule has 1 rings (SSSR count). The third kappa shape index (κ3) is 7.01. The summed E-state index contributed by atoms with van der Waals surface area (Å²) in [6.07, 6.45) is 5.12. The van der Waals surface area contributed by atoms with Gasteiger partial charge in [0, 0.05) is 38.4 Å². The molecule has 1 heterocycles. The second-order valence-corrected chi connectivity index (χ2v) is 4.81. The first-order valence-electron chi connectivity index (χ1n) is 6.55. The minimum Gasteiger partial charge on any atom is -0.356 e. The lowest BCUT2D eigenvalue weighted by Crippen LogP contribution is -2.28. The number of hydrogen-bond donors (Lipinski definition) is 2. The molecular formula is C14H23N3O. The molecule has 0 saturated heterocycles. The van der Waals surface area contributed by atoms with Crippen molar-refractivity contribution in [2.24, 2.45) is 5.92 Å². The number of nitrogens with zero attached hydrogens (tertiary/aromatic N) is 1. The average Bonchev–Trinajstić information content (AvgIpc) is 2.35. The monoisotopic (exact) mass is 249 g/mol. The summed E-state index contributed by atoms with van der Waals surface area (Å²) < 4.78 is 0. The number of carbonyl (C=O) groups excluding carboxylic acids is 1. The standard InChI is InChI=1S/C14H23N3O/c1-12(2)3-10-17-14(18)6-9-16-11-13-4-7-15-8-5-13/h4-5,7-8,12,16H,3,6,9-11H2,1-2H3,(H,17,18). The van der Waals surface area contributed by atoms with E-state index in [1.165, 1.54) is 5.56 Å². The lowest BCUT2D eigenvalue weighted by atomic mass is 10.1. The van der Waals surface area contributed by atoms with Crippen molar-refractivity contribution < 1.29 is 4.79 Å². The molecule has 18 heavy (non-hydrogen) atoms. The summed E-state index contributed by atoms with van der Waals surface area (Å²) in [5, 5.41) is 6.17. The number of hydrogen-bond acceptors (Lipinski definition) is 3. The Bertz CT molecular complexity index is 338. The molecule has 0 aromatic carbocycles. The smallest absolute Gasteiger partial charge is 0.221 e. The van der Waals surface area contributed by atoms with Gasteiger partial charge in [-0.15, -0.1) is 0 Å². The van der Waals surface area contributed by atoms with Crippen molar-refractivity contribution in [1.82, 2.24) is 15.6 Å². The molecule has 0 saturated carbocycles. The maximum atomic E-state index is 11.5. The molecule has 0 aliphatic rings. The molecule has 0 aliphatic heterocycles. The van der Waals surface area contributed by atoms with Crippen molar-refractivity contribution in [2.75, 3.05) is 13.1 Å². The third-order valence-corrected chi connectivity index (χ3v) is 2.65. The molecule has 1 aromatic heterocycles. The highest BCUT2D eigenvalue weighted by atomic mass is 16.1. The molecule has 4 nitrogen and oxygen atoms in total. The highest BCUT2D eigenvalue weighted by Gasteiger charge is 2.01. The van der Waals surface area contributed by atoms with Crippen molar-refractivity contribution in [3.8, 4) is 0 Å². The maximum absolute atomic E-state index is 11.5. The Morgan fingerprint density at radius 3 is 2.67 bits per heavy atom. The van der Waals surface area contributed by atoms with Gasteiger partial charge in [-0.25, -0.2) is 0 Å². The van der Waals surface area contributed by atoms with Crippen LogP contribution in [0, 0.1) is 5.92 Å². The normalized spacial score (nSPS) is 10.6. The van der Waals surface area contributed by atoms with Crippen LogP contribution in [0.15, 0.2) is 24.5 Å². The van der Waals surface area contributed by atoms with Crippen molar-refractivity contribution in [2.45, 2.75) is 33.2 Å². The predicted octanol–water partition coefficient (Wildman–Crippen LogP) is 1.72. The van der Waals surface area contributed by atoms with E-state index in [0.29, 0.717) is 18.9 Å². The Morgan fingerprint density at radius 1 is 1.28 bits per heavy atom. The van der Waals surface area contributed by atoms with E-state index in [4.69, 9.17) is 0 Å². The first-order chi connectivity index (χ1) is 8.68. The van der Waals surface area contributed by atoms with Gasteiger partial charge in [-0.05, 0) is 30.0 Å². The van der Waals surface area contributed by atoms with Crippen LogP contribution in [0.4, 0.5) is 0 Å². The number of aromatic nitrogens is 1. The zero-order valence-corrected chi connectivity index (χ0v) is 11.3. The van der Waals surface area contributed by atoms with Crippen LogP contribution in [0.2, 0.25) is 0 Å². The van der Waals surface area contributed by atoms with Gasteiger partial charge in [-0.1, -0.05) is 13.8 Å². The molecule has 1 amide bonds. The van der Waals surface area contributed by atoms with E-state index in [9.17, 15) is 4.79 Å². The Morgan fingerprint density at radius 2 is 2.00 bits per heavy atom. The molecule has 100 valence electrons. The summed E-state index contributed by atoms with van der Waals surface area (Å²) >= 11 is 0. The maximum Gasteiger partial charge on any atom is 0.221 e. The summed E-state index contributed by atoms with van der Waals surface area (Å²) in [6.45, 7) is 6.57. The van der Waals surface area contributed by atoms with Crippen LogP contribution in [-0.4, -0.2) is 24.0 Å². The fourth-order valence-electron chi connectivity index (χ4n) is 1.52. The Hall–Kier alpha value is -1.42. The van der Waals surface area contributed by atoms with Crippen LogP contribution in [0.1, 0.15) is 32.3 Å². The van der Waals surface area contributed by atoms with Gasteiger partial charge in [0.2, 0.25) is 5.91 Å². The fourth-order valence-corrected chi connectivity index (χ4v) is 1.52. The van der Waals surface area contributed by atoms with Crippen molar-refractivity contribution in [3.63, 3.8) is 0 Å². The molecular weight excluding hydrogens is 226 g/mol. The Labute approximate surface area is 109 Å². The minimum absolute atomic E-state index is 0.123. The van der Waals surface area contributed by atoms with E-state index < -0.39 is 0 Å². The number of rotatable bonds is 8. The van der Waals surface area contributed by atoms with Crippen LogP contribution in [0.3, 0.4) is 0 Å². The highest BCUT2D eigenvalue weighted by molar-refractivity contribution is 5.75. The van der Waals surface area contributed by atoms with Gasteiger partial charge in [0.25, 0.3) is 0 Å². The molecule has 1 aromatic rings.